The zero-order valence-electron chi connectivity index (χ0n) is 8.14. The molecule has 0 radical (unpaired) electrons. The predicted octanol–water partition coefficient (Wildman–Crippen LogP) is 2.37. The van der Waals surface area contributed by atoms with E-state index in [0.29, 0.717) is 0 Å². The van der Waals surface area contributed by atoms with Gasteiger partial charge in [0.25, 0.3) is 0 Å². The zero-order valence-corrected chi connectivity index (χ0v) is 8.14. The lowest BCUT2D eigenvalue weighted by molar-refractivity contribution is 0.0968. The molecule has 0 aromatic carbocycles. The lowest BCUT2D eigenvalue weighted by Gasteiger charge is -2.38. The second kappa shape index (κ2) is 4.10. The van der Waals surface area contributed by atoms with Gasteiger partial charge < -0.3 is 4.90 Å². The van der Waals surface area contributed by atoms with Crippen LogP contribution in [0.4, 0.5) is 0 Å². The molecule has 1 nitrogen and oxygen atoms in total. The van der Waals surface area contributed by atoms with E-state index in [1.54, 1.807) is 0 Å². The average molecular weight is 155 g/mol. The van der Waals surface area contributed by atoms with Crippen molar-refractivity contribution in [1.29, 1.82) is 0 Å². The Labute approximate surface area is 70.8 Å². The van der Waals surface area contributed by atoms with Gasteiger partial charge in [-0.15, -0.1) is 0 Å². The summed E-state index contributed by atoms with van der Waals surface area (Å²) in [5, 5.41) is 0. The van der Waals surface area contributed by atoms with Crippen LogP contribution < -0.4 is 0 Å². The highest BCUT2D eigenvalue weighted by atomic mass is 15.2. The lowest BCUT2D eigenvalue weighted by atomic mass is 9.92. The fraction of sp³-hybridized carbons (Fsp3) is 1.00. The van der Waals surface area contributed by atoms with Crippen molar-refractivity contribution in [1.82, 2.24) is 4.90 Å². The summed E-state index contributed by atoms with van der Waals surface area (Å²) in [5.41, 5.74) is 0. The number of likely N-dealkylation sites (tertiary alicyclic amines) is 1. The van der Waals surface area contributed by atoms with Crippen LogP contribution in [-0.2, 0) is 0 Å². The average Bonchev–Trinajstić information content (AvgIpc) is 1.84. The van der Waals surface area contributed by atoms with Gasteiger partial charge >= 0.3 is 0 Å². The van der Waals surface area contributed by atoms with E-state index in [1.165, 1.54) is 32.5 Å². The summed E-state index contributed by atoms with van der Waals surface area (Å²) >= 11 is 0. The highest BCUT2D eigenvalue weighted by Crippen LogP contribution is 2.21. The van der Waals surface area contributed by atoms with E-state index >= 15 is 0 Å². The van der Waals surface area contributed by atoms with Crippen LogP contribution >= 0.6 is 0 Å². The fourth-order valence-electron chi connectivity index (χ4n) is 1.69. The van der Waals surface area contributed by atoms with Crippen molar-refractivity contribution in [2.45, 2.75) is 33.6 Å². The molecule has 1 fully saturated rings. The number of nitrogens with zero attached hydrogens (tertiary/aromatic N) is 1. The minimum atomic E-state index is 0.894. The molecule has 1 heteroatoms. The van der Waals surface area contributed by atoms with Crippen LogP contribution in [0.25, 0.3) is 0 Å². The van der Waals surface area contributed by atoms with Crippen LogP contribution in [-0.4, -0.2) is 24.5 Å². The smallest absolute Gasteiger partial charge is 0.00219 e. The third kappa shape index (κ3) is 2.82. The quantitative estimate of drug-likeness (QED) is 0.602. The molecule has 0 amide bonds. The zero-order chi connectivity index (χ0) is 8.27. The van der Waals surface area contributed by atoms with Crippen molar-refractivity contribution in [2.24, 2.45) is 11.8 Å². The first-order valence-corrected chi connectivity index (χ1v) is 4.94. The van der Waals surface area contributed by atoms with Crippen molar-refractivity contribution in [3.63, 3.8) is 0 Å². The summed E-state index contributed by atoms with van der Waals surface area (Å²) in [4.78, 5) is 2.52. The molecule has 0 saturated carbocycles. The van der Waals surface area contributed by atoms with Crippen LogP contribution in [0.15, 0.2) is 0 Å². The molecule has 1 aliphatic heterocycles. The molecule has 66 valence electrons. The molecule has 0 atom stereocenters. The highest BCUT2D eigenvalue weighted by molar-refractivity contribution is 4.78. The summed E-state index contributed by atoms with van der Waals surface area (Å²) in [7, 11) is 0. The second-order valence-electron chi connectivity index (χ2n) is 4.19. The van der Waals surface area contributed by atoms with Crippen LogP contribution in [0, 0.1) is 11.8 Å². The van der Waals surface area contributed by atoms with Gasteiger partial charge in [-0.25, -0.2) is 0 Å². The SMILES string of the molecule is CCN1CC(CCC(C)C)C1. The Balaban J connectivity index is 1.96. The van der Waals surface area contributed by atoms with Crippen molar-refractivity contribution in [3.8, 4) is 0 Å². The molecule has 0 aromatic rings. The first kappa shape index (κ1) is 9.05. The van der Waals surface area contributed by atoms with Crippen LogP contribution in [0.5, 0.6) is 0 Å². The van der Waals surface area contributed by atoms with E-state index < -0.39 is 0 Å². The Bertz CT molecular complexity index is 103. The van der Waals surface area contributed by atoms with Crippen molar-refractivity contribution in [3.05, 3.63) is 0 Å². The Hall–Kier alpha value is -0.0400. The topological polar surface area (TPSA) is 3.24 Å². The van der Waals surface area contributed by atoms with E-state index in [-0.39, 0.29) is 0 Å². The van der Waals surface area contributed by atoms with Gasteiger partial charge in [0, 0.05) is 13.1 Å². The largest absolute Gasteiger partial charge is 0.303 e. The molecule has 1 saturated heterocycles. The van der Waals surface area contributed by atoms with E-state index in [2.05, 4.69) is 25.7 Å². The first-order chi connectivity index (χ1) is 5.22. The maximum atomic E-state index is 2.52. The van der Waals surface area contributed by atoms with Gasteiger partial charge in [0.05, 0.1) is 0 Å². The van der Waals surface area contributed by atoms with Gasteiger partial charge in [0.1, 0.15) is 0 Å². The van der Waals surface area contributed by atoms with E-state index in [4.69, 9.17) is 0 Å². The molecule has 1 rings (SSSR count). The number of rotatable bonds is 4. The van der Waals surface area contributed by atoms with Gasteiger partial charge in [0.15, 0.2) is 0 Å². The van der Waals surface area contributed by atoms with Crippen LogP contribution in [0.3, 0.4) is 0 Å². The number of hydrogen-bond donors (Lipinski definition) is 0. The molecule has 1 aliphatic rings. The summed E-state index contributed by atoms with van der Waals surface area (Å²) in [5.74, 6) is 1.92. The Morgan fingerprint density at radius 1 is 1.36 bits per heavy atom. The van der Waals surface area contributed by atoms with Gasteiger partial charge in [-0.1, -0.05) is 27.2 Å². The monoisotopic (exact) mass is 155 g/mol. The Morgan fingerprint density at radius 3 is 2.45 bits per heavy atom. The van der Waals surface area contributed by atoms with Gasteiger partial charge in [-0.2, -0.15) is 0 Å². The van der Waals surface area contributed by atoms with E-state index in [9.17, 15) is 0 Å². The molecular formula is C10H21N. The van der Waals surface area contributed by atoms with Gasteiger partial charge in [0.2, 0.25) is 0 Å². The third-order valence-electron chi connectivity index (χ3n) is 2.63. The summed E-state index contributed by atoms with van der Waals surface area (Å²) < 4.78 is 0. The van der Waals surface area contributed by atoms with Crippen LogP contribution in [0.2, 0.25) is 0 Å². The molecular weight excluding hydrogens is 134 g/mol. The molecule has 0 spiro atoms. The fourth-order valence-corrected chi connectivity index (χ4v) is 1.69. The minimum Gasteiger partial charge on any atom is -0.303 e. The highest BCUT2D eigenvalue weighted by Gasteiger charge is 2.24. The summed E-state index contributed by atoms with van der Waals surface area (Å²) in [6, 6.07) is 0. The third-order valence-corrected chi connectivity index (χ3v) is 2.63. The Kier molecular flexibility index (Phi) is 3.38. The molecule has 0 aliphatic carbocycles. The van der Waals surface area contributed by atoms with Crippen molar-refractivity contribution in [2.75, 3.05) is 19.6 Å². The summed E-state index contributed by atoms with van der Waals surface area (Å²) in [6.07, 6.45) is 2.87. The predicted molar refractivity (Wildman–Crippen MR) is 49.7 cm³/mol. The van der Waals surface area contributed by atoms with Gasteiger partial charge in [-0.3, -0.25) is 0 Å². The minimum absolute atomic E-state index is 0.894. The molecule has 0 aromatic heterocycles. The number of hydrogen-bond acceptors (Lipinski definition) is 1. The maximum Gasteiger partial charge on any atom is 0.00219 e. The van der Waals surface area contributed by atoms with Gasteiger partial charge in [-0.05, 0) is 24.8 Å². The maximum absolute atomic E-state index is 2.52. The summed E-state index contributed by atoms with van der Waals surface area (Å²) in [6.45, 7) is 10.9. The molecule has 0 unspecified atom stereocenters. The molecule has 1 heterocycles. The Morgan fingerprint density at radius 2 is 2.00 bits per heavy atom. The second-order valence-corrected chi connectivity index (χ2v) is 4.19. The molecule has 0 N–H and O–H groups in total. The molecule has 11 heavy (non-hydrogen) atoms. The standard InChI is InChI=1S/C10H21N/c1-4-11-7-10(8-11)6-5-9(2)3/h9-10H,4-8H2,1-3H3. The van der Waals surface area contributed by atoms with E-state index in [0.717, 1.165) is 11.8 Å². The van der Waals surface area contributed by atoms with E-state index in [1.807, 2.05) is 0 Å². The van der Waals surface area contributed by atoms with Crippen molar-refractivity contribution < 1.29 is 0 Å². The molecule has 0 bridgehead atoms. The van der Waals surface area contributed by atoms with Crippen LogP contribution in [0.1, 0.15) is 33.6 Å². The normalized spacial score (nSPS) is 20.7. The first-order valence-electron chi connectivity index (χ1n) is 4.94. The lowest BCUT2D eigenvalue weighted by Crippen LogP contribution is -2.46. The van der Waals surface area contributed by atoms with Crippen molar-refractivity contribution >= 4 is 0 Å².